The summed E-state index contributed by atoms with van der Waals surface area (Å²) in [5.41, 5.74) is 1.70. The molecule has 1 heterocycles. The SMILES string of the molecule is COc1cc(C2C3=CCC4C(=O)NC(=O)C4C3CC3C(=O)C(c4ccccc4)=CC(=O)C32c2ccccc2)cc(OC)c1O. The number of ether oxygens (including phenoxy) is 2. The second kappa shape index (κ2) is 10.3. The smallest absolute Gasteiger partial charge is 0.231 e. The van der Waals surface area contributed by atoms with Gasteiger partial charge in [-0.15, -0.1) is 0 Å². The number of phenolic OH excluding ortho intramolecular Hbond substituents is 1. The number of rotatable bonds is 5. The minimum absolute atomic E-state index is 0.152. The Morgan fingerprint density at radius 1 is 0.841 bits per heavy atom. The van der Waals surface area contributed by atoms with Crippen LogP contribution < -0.4 is 14.8 Å². The molecule has 8 heteroatoms. The van der Waals surface area contributed by atoms with E-state index in [9.17, 15) is 24.3 Å². The number of benzene rings is 3. The Bertz CT molecular complexity index is 1750. The number of hydrogen-bond donors (Lipinski definition) is 2. The Kier molecular flexibility index (Phi) is 6.53. The van der Waals surface area contributed by atoms with Crippen molar-refractivity contribution >= 4 is 29.0 Å². The van der Waals surface area contributed by atoms with E-state index in [2.05, 4.69) is 5.32 Å². The molecule has 6 unspecified atom stereocenters. The molecule has 2 fully saturated rings. The van der Waals surface area contributed by atoms with E-state index < -0.39 is 35.0 Å². The van der Waals surface area contributed by atoms with Crippen molar-refractivity contribution in [3.8, 4) is 17.2 Å². The Balaban J connectivity index is 1.55. The van der Waals surface area contributed by atoms with Gasteiger partial charge in [0.1, 0.15) is 0 Å². The molecule has 1 aliphatic heterocycles. The van der Waals surface area contributed by atoms with Gasteiger partial charge in [0, 0.05) is 17.4 Å². The number of imide groups is 1. The zero-order valence-corrected chi connectivity index (χ0v) is 24.3. The van der Waals surface area contributed by atoms with Crippen molar-refractivity contribution in [1.82, 2.24) is 5.32 Å². The molecular weight excluding hydrogens is 558 g/mol. The third kappa shape index (κ3) is 3.83. The molecule has 0 aromatic heterocycles. The number of fused-ring (bicyclic) bond motifs is 4. The van der Waals surface area contributed by atoms with Gasteiger partial charge in [-0.2, -0.15) is 0 Å². The van der Waals surface area contributed by atoms with Gasteiger partial charge < -0.3 is 14.6 Å². The monoisotopic (exact) mass is 589 g/mol. The van der Waals surface area contributed by atoms with Gasteiger partial charge >= 0.3 is 0 Å². The summed E-state index contributed by atoms with van der Waals surface area (Å²) in [6, 6.07) is 21.8. The molecule has 2 amide bonds. The van der Waals surface area contributed by atoms with Crippen molar-refractivity contribution in [2.45, 2.75) is 24.2 Å². The van der Waals surface area contributed by atoms with Crippen molar-refractivity contribution < 1.29 is 33.8 Å². The highest BCUT2D eigenvalue weighted by Gasteiger charge is 2.65. The molecule has 4 aliphatic rings. The molecule has 1 saturated carbocycles. The predicted molar refractivity (Wildman–Crippen MR) is 161 cm³/mol. The number of hydrogen-bond acceptors (Lipinski definition) is 7. The van der Waals surface area contributed by atoms with Crippen molar-refractivity contribution in [3.63, 3.8) is 0 Å². The zero-order valence-electron chi connectivity index (χ0n) is 24.3. The maximum Gasteiger partial charge on any atom is 0.231 e. The first-order valence-electron chi connectivity index (χ1n) is 14.7. The molecule has 44 heavy (non-hydrogen) atoms. The first kappa shape index (κ1) is 27.8. The van der Waals surface area contributed by atoms with Crippen molar-refractivity contribution in [2.24, 2.45) is 23.7 Å². The van der Waals surface area contributed by atoms with E-state index >= 15 is 0 Å². The third-order valence-electron chi connectivity index (χ3n) is 10.1. The van der Waals surface area contributed by atoms with Crippen LogP contribution in [0.3, 0.4) is 0 Å². The average Bonchev–Trinajstić information content (AvgIpc) is 3.35. The molecule has 0 bridgehead atoms. The van der Waals surface area contributed by atoms with Gasteiger partial charge in [0.25, 0.3) is 0 Å². The first-order chi connectivity index (χ1) is 21.3. The third-order valence-corrected chi connectivity index (χ3v) is 10.1. The van der Waals surface area contributed by atoms with E-state index in [0.29, 0.717) is 28.7 Å². The molecule has 222 valence electrons. The summed E-state index contributed by atoms with van der Waals surface area (Å²) in [6.45, 7) is 0. The number of Topliss-reactive ketones (excluding diaryl/α,β-unsaturated/α-hetero) is 1. The normalized spacial score (nSPS) is 29.1. The minimum atomic E-state index is -1.38. The number of ketones is 2. The van der Waals surface area contributed by atoms with Crippen LogP contribution in [0, 0.1) is 23.7 Å². The lowest BCUT2D eigenvalue weighted by Gasteiger charge is -2.55. The summed E-state index contributed by atoms with van der Waals surface area (Å²) >= 11 is 0. The fraction of sp³-hybridized carbons (Fsp3) is 0.278. The van der Waals surface area contributed by atoms with Crippen LogP contribution >= 0.6 is 0 Å². The summed E-state index contributed by atoms with van der Waals surface area (Å²) in [6.07, 6.45) is 4.01. The van der Waals surface area contributed by atoms with Crippen LogP contribution in [-0.4, -0.2) is 42.7 Å². The maximum absolute atomic E-state index is 15.0. The second-order valence-corrected chi connectivity index (χ2v) is 11.9. The number of amides is 2. The summed E-state index contributed by atoms with van der Waals surface area (Å²) in [5.74, 6) is -4.20. The van der Waals surface area contributed by atoms with Gasteiger partial charge in [-0.1, -0.05) is 72.3 Å². The highest BCUT2D eigenvalue weighted by Crippen LogP contribution is 2.64. The summed E-state index contributed by atoms with van der Waals surface area (Å²) in [7, 11) is 2.86. The van der Waals surface area contributed by atoms with E-state index in [1.54, 1.807) is 12.1 Å². The van der Waals surface area contributed by atoms with Gasteiger partial charge in [-0.25, -0.2) is 0 Å². The fourth-order valence-electron chi connectivity index (χ4n) is 8.24. The molecular formula is C36H31NO7. The van der Waals surface area contributed by atoms with E-state index in [-0.39, 0.29) is 47.1 Å². The molecule has 3 aliphatic carbocycles. The number of carbonyl (C=O) groups is 4. The largest absolute Gasteiger partial charge is 0.502 e. The molecule has 0 radical (unpaired) electrons. The highest BCUT2D eigenvalue weighted by atomic mass is 16.5. The van der Waals surface area contributed by atoms with Gasteiger partial charge in [0.15, 0.2) is 23.1 Å². The van der Waals surface area contributed by atoms with Crippen LogP contribution in [0.4, 0.5) is 0 Å². The molecule has 3 aromatic carbocycles. The molecule has 8 nitrogen and oxygen atoms in total. The van der Waals surface area contributed by atoms with E-state index in [4.69, 9.17) is 9.47 Å². The predicted octanol–water partition coefficient (Wildman–Crippen LogP) is 4.52. The van der Waals surface area contributed by atoms with Crippen LogP contribution in [0.1, 0.15) is 35.4 Å². The highest BCUT2D eigenvalue weighted by molar-refractivity contribution is 6.31. The molecule has 0 spiro atoms. The number of allylic oxidation sites excluding steroid dienone is 4. The molecule has 7 rings (SSSR count). The summed E-state index contributed by atoms with van der Waals surface area (Å²) < 4.78 is 11.1. The van der Waals surface area contributed by atoms with E-state index in [1.807, 2.05) is 66.7 Å². The quantitative estimate of drug-likeness (QED) is 0.332. The molecule has 6 atom stereocenters. The van der Waals surface area contributed by atoms with E-state index in [1.165, 1.54) is 20.3 Å². The number of methoxy groups -OCH3 is 2. The average molecular weight is 590 g/mol. The summed E-state index contributed by atoms with van der Waals surface area (Å²) in [4.78, 5) is 55.9. The Morgan fingerprint density at radius 3 is 2.11 bits per heavy atom. The van der Waals surface area contributed by atoms with Crippen LogP contribution in [0.2, 0.25) is 0 Å². The van der Waals surface area contributed by atoms with Gasteiger partial charge in [0.2, 0.25) is 17.6 Å². The molecule has 3 aromatic rings. The second-order valence-electron chi connectivity index (χ2n) is 11.9. The van der Waals surface area contributed by atoms with Gasteiger partial charge in [-0.05, 0) is 53.7 Å². The zero-order chi connectivity index (χ0) is 30.7. The lowest BCUT2D eigenvalue weighted by molar-refractivity contribution is -0.135. The lowest BCUT2D eigenvalue weighted by atomic mass is 9.44. The maximum atomic E-state index is 15.0. The standard InChI is InChI=1S/C36H31NO7/c1-43-27-15-20(16-28(44-2)33(27)40)31-22-13-14-23-30(35(42)37-34(23)41)25(22)17-26-32(39)24(19-9-5-3-6-10-19)18-29(38)36(26,31)21-11-7-4-8-12-21/h3-13,15-16,18,23,25-26,30-31,40H,14,17H2,1-2H3,(H,37,41,42). The Labute approximate surface area is 254 Å². The fourth-order valence-corrected chi connectivity index (χ4v) is 8.24. The lowest BCUT2D eigenvalue weighted by Crippen LogP contribution is -2.58. The first-order valence-corrected chi connectivity index (χ1v) is 14.7. The number of aromatic hydroxyl groups is 1. The number of carbonyl (C=O) groups excluding carboxylic acids is 4. The van der Waals surface area contributed by atoms with Gasteiger partial charge in [-0.3, -0.25) is 24.5 Å². The molecule has 1 saturated heterocycles. The topological polar surface area (TPSA) is 119 Å². The van der Waals surface area contributed by atoms with Crippen LogP contribution in [0.25, 0.3) is 5.57 Å². The van der Waals surface area contributed by atoms with Crippen LogP contribution in [0.15, 0.2) is 90.5 Å². The van der Waals surface area contributed by atoms with Crippen LogP contribution in [-0.2, 0) is 24.6 Å². The van der Waals surface area contributed by atoms with Gasteiger partial charge in [0.05, 0.1) is 31.5 Å². The van der Waals surface area contributed by atoms with Crippen molar-refractivity contribution in [2.75, 3.05) is 14.2 Å². The van der Waals surface area contributed by atoms with Crippen LogP contribution in [0.5, 0.6) is 17.2 Å². The van der Waals surface area contributed by atoms with Crippen molar-refractivity contribution in [3.05, 3.63) is 107 Å². The number of phenols is 1. The number of nitrogens with one attached hydrogen (secondary N) is 1. The Morgan fingerprint density at radius 2 is 1.48 bits per heavy atom. The molecule has 2 N–H and O–H groups in total. The Hall–Kier alpha value is -4.98. The van der Waals surface area contributed by atoms with Crippen molar-refractivity contribution in [1.29, 1.82) is 0 Å². The summed E-state index contributed by atoms with van der Waals surface area (Å²) in [5, 5.41) is 13.3. The van der Waals surface area contributed by atoms with E-state index in [0.717, 1.165) is 5.57 Å². The minimum Gasteiger partial charge on any atom is -0.502 e.